The minimum Gasteiger partial charge on any atom is -0.482 e. The molecule has 0 atom stereocenters. The predicted molar refractivity (Wildman–Crippen MR) is 72.2 cm³/mol. The molecule has 5 nitrogen and oxygen atoms in total. The van der Waals surface area contributed by atoms with E-state index >= 15 is 0 Å². The number of carbonyl (C=O) groups excluding carboxylic acids is 2. The van der Waals surface area contributed by atoms with E-state index in [9.17, 15) is 9.59 Å². The molecule has 1 heterocycles. The van der Waals surface area contributed by atoms with Gasteiger partial charge in [0.2, 0.25) is 5.91 Å². The zero-order chi connectivity index (χ0) is 13.8. The first kappa shape index (κ1) is 13.4. The molecule has 2 amide bonds. The molecule has 2 N–H and O–H groups in total. The van der Waals surface area contributed by atoms with Crippen LogP contribution in [0.4, 0.5) is 5.69 Å². The highest BCUT2D eigenvalue weighted by Gasteiger charge is 2.16. The first-order valence-electron chi connectivity index (χ1n) is 6.39. The Morgan fingerprint density at radius 1 is 1.47 bits per heavy atom. The van der Waals surface area contributed by atoms with Gasteiger partial charge in [-0.2, -0.15) is 0 Å². The molecular weight excluding hydrogens is 244 g/mol. The summed E-state index contributed by atoms with van der Waals surface area (Å²) >= 11 is 0. The first-order valence-corrected chi connectivity index (χ1v) is 6.39. The minimum absolute atomic E-state index is 0.0352. The predicted octanol–water partition coefficient (Wildman–Crippen LogP) is 1.47. The zero-order valence-corrected chi connectivity index (χ0v) is 11.2. The minimum atomic E-state index is -0.151. The SMILES string of the molecule is CC(C)NC(=O)CCc1ccc2c(c1)NC(=O)CO2. The number of anilines is 1. The molecule has 0 spiro atoms. The van der Waals surface area contributed by atoms with Crippen LogP contribution in [-0.2, 0) is 16.0 Å². The van der Waals surface area contributed by atoms with Gasteiger partial charge in [0.05, 0.1) is 5.69 Å². The van der Waals surface area contributed by atoms with Crippen molar-refractivity contribution in [1.82, 2.24) is 5.32 Å². The lowest BCUT2D eigenvalue weighted by Gasteiger charge is -2.18. The lowest BCUT2D eigenvalue weighted by molar-refractivity contribution is -0.121. The molecule has 0 fully saturated rings. The summed E-state index contributed by atoms with van der Waals surface area (Å²) in [4.78, 5) is 22.8. The molecule has 5 heteroatoms. The summed E-state index contributed by atoms with van der Waals surface area (Å²) in [5.41, 5.74) is 1.68. The Balaban J connectivity index is 1.96. The van der Waals surface area contributed by atoms with Gasteiger partial charge in [-0.1, -0.05) is 6.07 Å². The van der Waals surface area contributed by atoms with Crippen LogP contribution in [0, 0.1) is 0 Å². The Kier molecular flexibility index (Phi) is 4.04. The highest BCUT2D eigenvalue weighted by molar-refractivity contribution is 5.95. The normalized spacial score (nSPS) is 13.5. The van der Waals surface area contributed by atoms with Gasteiger partial charge in [-0.25, -0.2) is 0 Å². The Hall–Kier alpha value is -2.04. The molecular formula is C14H18N2O3. The number of aryl methyl sites for hydroxylation is 1. The summed E-state index contributed by atoms with van der Waals surface area (Å²) in [6, 6.07) is 5.75. The third-order valence-corrected chi connectivity index (χ3v) is 2.77. The highest BCUT2D eigenvalue weighted by Crippen LogP contribution is 2.28. The van der Waals surface area contributed by atoms with E-state index in [1.54, 1.807) is 0 Å². The van der Waals surface area contributed by atoms with Gasteiger partial charge >= 0.3 is 0 Å². The molecule has 1 aromatic carbocycles. The van der Waals surface area contributed by atoms with Crippen molar-refractivity contribution >= 4 is 17.5 Å². The second-order valence-electron chi connectivity index (χ2n) is 4.89. The number of nitrogens with one attached hydrogen (secondary N) is 2. The Labute approximate surface area is 112 Å². The van der Waals surface area contributed by atoms with Gasteiger partial charge in [-0.05, 0) is 38.0 Å². The van der Waals surface area contributed by atoms with Crippen LogP contribution in [0.15, 0.2) is 18.2 Å². The van der Waals surface area contributed by atoms with Crippen molar-refractivity contribution in [2.75, 3.05) is 11.9 Å². The number of rotatable bonds is 4. The van der Waals surface area contributed by atoms with Gasteiger partial charge in [0.15, 0.2) is 6.61 Å². The van der Waals surface area contributed by atoms with E-state index in [1.165, 1.54) is 0 Å². The van der Waals surface area contributed by atoms with E-state index in [4.69, 9.17) is 4.74 Å². The van der Waals surface area contributed by atoms with Crippen LogP contribution < -0.4 is 15.4 Å². The third kappa shape index (κ3) is 3.71. The number of amides is 2. The van der Waals surface area contributed by atoms with E-state index in [0.29, 0.717) is 24.3 Å². The average molecular weight is 262 g/mol. The third-order valence-electron chi connectivity index (χ3n) is 2.77. The summed E-state index contributed by atoms with van der Waals surface area (Å²) in [6.07, 6.45) is 1.08. The van der Waals surface area contributed by atoms with E-state index in [2.05, 4.69) is 10.6 Å². The van der Waals surface area contributed by atoms with Crippen molar-refractivity contribution in [3.05, 3.63) is 23.8 Å². The maximum atomic E-state index is 11.6. The van der Waals surface area contributed by atoms with Gasteiger partial charge in [-0.3, -0.25) is 9.59 Å². The second kappa shape index (κ2) is 5.73. The van der Waals surface area contributed by atoms with Gasteiger partial charge in [0, 0.05) is 12.5 Å². The van der Waals surface area contributed by atoms with Crippen LogP contribution in [0.2, 0.25) is 0 Å². The second-order valence-corrected chi connectivity index (χ2v) is 4.89. The smallest absolute Gasteiger partial charge is 0.262 e. The lowest BCUT2D eigenvalue weighted by atomic mass is 10.1. The van der Waals surface area contributed by atoms with Crippen molar-refractivity contribution in [3.8, 4) is 5.75 Å². The molecule has 1 aliphatic rings. The largest absolute Gasteiger partial charge is 0.482 e. The van der Waals surface area contributed by atoms with Crippen LogP contribution >= 0.6 is 0 Å². The summed E-state index contributed by atoms with van der Waals surface area (Å²) < 4.78 is 5.28. The number of benzene rings is 1. The lowest BCUT2D eigenvalue weighted by Crippen LogP contribution is -2.30. The van der Waals surface area contributed by atoms with Crippen LogP contribution in [-0.4, -0.2) is 24.5 Å². The molecule has 0 radical (unpaired) electrons. The standard InChI is InChI=1S/C14H18N2O3/c1-9(2)15-13(17)6-4-10-3-5-12-11(7-10)16-14(18)8-19-12/h3,5,7,9H,4,6,8H2,1-2H3,(H,15,17)(H,16,18). The molecule has 2 rings (SSSR count). The fourth-order valence-electron chi connectivity index (χ4n) is 1.94. The fraction of sp³-hybridized carbons (Fsp3) is 0.429. The van der Waals surface area contributed by atoms with E-state index in [-0.39, 0.29) is 24.5 Å². The Bertz CT molecular complexity index is 497. The fourth-order valence-corrected chi connectivity index (χ4v) is 1.94. The topological polar surface area (TPSA) is 67.4 Å². The maximum Gasteiger partial charge on any atom is 0.262 e. The Morgan fingerprint density at radius 2 is 2.26 bits per heavy atom. The molecule has 19 heavy (non-hydrogen) atoms. The number of hydrogen-bond donors (Lipinski definition) is 2. The molecule has 0 unspecified atom stereocenters. The van der Waals surface area contributed by atoms with Crippen LogP contribution in [0.25, 0.3) is 0 Å². The van der Waals surface area contributed by atoms with Crippen molar-refractivity contribution in [3.63, 3.8) is 0 Å². The number of carbonyl (C=O) groups is 2. The summed E-state index contributed by atoms with van der Waals surface area (Å²) in [5, 5.41) is 5.60. The molecule has 1 aliphatic heterocycles. The molecule has 0 aromatic heterocycles. The van der Waals surface area contributed by atoms with Gasteiger partial charge in [-0.15, -0.1) is 0 Å². The average Bonchev–Trinajstić information content (AvgIpc) is 2.35. The van der Waals surface area contributed by atoms with Crippen molar-refractivity contribution in [1.29, 1.82) is 0 Å². The van der Waals surface area contributed by atoms with Gasteiger partial charge in [0.1, 0.15) is 5.75 Å². The Morgan fingerprint density at radius 3 is 3.00 bits per heavy atom. The van der Waals surface area contributed by atoms with Crippen LogP contribution in [0.3, 0.4) is 0 Å². The van der Waals surface area contributed by atoms with E-state index in [0.717, 1.165) is 5.56 Å². The summed E-state index contributed by atoms with van der Waals surface area (Å²) in [7, 11) is 0. The van der Waals surface area contributed by atoms with Crippen molar-refractivity contribution < 1.29 is 14.3 Å². The molecule has 0 bridgehead atoms. The maximum absolute atomic E-state index is 11.6. The summed E-state index contributed by atoms with van der Waals surface area (Å²) in [6.45, 7) is 3.93. The molecule has 0 aliphatic carbocycles. The molecule has 102 valence electrons. The van der Waals surface area contributed by atoms with E-state index in [1.807, 2.05) is 32.0 Å². The highest BCUT2D eigenvalue weighted by atomic mass is 16.5. The number of hydrogen-bond acceptors (Lipinski definition) is 3. The summed E-state index contributed by atoms with van der Waals surface area (Å²) in [5.74, 6) is 0.560. The number of fused-ring (bicyclic) bond motifs is 1. The monoisotopic (exact) mass is 262 g/mol. The van der Waals surface area contributed by atoms with Crippen LogP contribution in [0.1, 0.15) is 25.8 Å². The first-order chi connectivity index (χ1) is 9.04. The zero-order valence-electron chi connectivity index (χ0n) is 11.2. The van der Waals surface area contributed by atoms with Crippen molar-refractivity contribution in [2.45, 2.75) is 32.7 Å². The quantitative estimate of drug-likeness (QED) is 0.863. The molecule has 0 saturated carbocycles. The molecule has 1 aromatic rings. The molecule has 0 saturated heterocycles. The van der Waals surface area contributed by atoms with Gasteiger partial charge in [0.25, 0.3) is 5.91 Å². The van der Waals surface area contributed by atoms with Gasteiger partial charge < -0.3 is 15.4 Å². The van der Waals surface area contributed by atoms with Crippen LogP contribution in [0.5, 0.6) is 5.75 Å². The van der Waals surface area contributed by atoms with Crippen molar-refractivity contribution in [2.24, 2.45) is 0 Å². The number of ether oxygens (including phenoxy) is 1. The van der Waals surface area contributed by atoms with E-state index < -0.39 is 0 Å².